The summed E-state index contributed by atoms with van der Waals surface area (Å²) in [5, 5.41) is 9.26. The van der Waals surface area contributed by atoms with Crippen molar-refractivity contribution in [2.45, 2.75) is 0 Å². The van der Waals surface area contributed by atoms with Crippen molar-refractivity contribution in [2.75, 3.05) is 4.90 Å². The van der Waals surface area contributed by atoms with Crippen molar-refractivity contribution in [1.82, 2.24) is 9.97 Å². The lowest BCUT2D eigenvalue weighted by Gasteiger charge is -2.25. The highest BCUT2D eigenvalue weighted by atomic mass is 16.5. The minimum absolute atomic E-state index is 0.173. The van der Waals surface area contributed by atoms with Crippen LogP contribution >= 0.6 is 0 Å². The molecule has 0 bridgehead atoms. The Kier molecular flexibility index (Phi) is 8.00. The van der Waals surface area contributed by atoms with Crippen molar-refractivity contribution in [3.8, 4) is 22.9 Å². The molecule has 6 rings (SSSR count). The number of aromatic carboxylic acids is 1. The highest BCUT2D eigenvalue weighted by Crippen LogP contribution is 2.35. The second-order valence-corrected chi connectivity index (χ2v) is 9.71. The molecule has 0 amide bonds. The van der Waals surface area contributed by atoms with E-state index in [9.17, 15) is 9.90 Å². The zero-order chi connectivity index (χ0) is 29.4. The van der Waals surface area contributed by atoms with Crippen molar-refractivity contribution in [3.05, 3.63) is 163 Å². The van der Waals surface area contributed by atoms with E-state index in [1.807, 2.05) is 97.1 Å². The number of carbonyl (C=O) groups is 1. The summed E-state index contributed by atoms with van der Waals surface area (Å²) in [5.41, 5.74) is 6.42. The Bertz CT molecular complexity index is 1810. The number of pyridine rings is 2. The summed E-state index contributed by atoms with van der Waals surface area (Å²) in [5.74, 6) is 0.489. The van der Waals surface area contributed by atoms with Gasteiger partial charge in [-0.1, -0.05) is 60.7 Å². The van der Waals surface area contributed by atoms with E-state index < -0.39 is 5.97 Å². The first-order valence-electron chi connectivity index (χ1n) is 13.7. The number of anilines is 3. The van der Waals surface area contributed by atoms with Gasteiger partial charge in [-0.2, -0.15) is 0 Å². The largest absolute Gasteiger partial charge is 0.478 e. The van der Waals surface area contributed by atoms with Crippen molar-refractivity contribution in [2.24, 2.45) is 0 Å². The molecule has 6 nitrogen and oxygen atoms in total. The van der Waals surface area contributed by atoms with Gasteiger partial charge >= 0.3 is 5.97 Å². The second kappa shape index (κ2) is 12.7. The first kappa shape index (κ1) is 27.2. The zero-order valence-corrected chi connectivity index (χ0v) is 23.1. The average molecular weight is 562 g/mol. The minimum Gasteiger partial charge on any atom is -0.478 e. The fourth-order valence-corrected chi connectivity index (χ4v) is 4.63. The fourth-order valence-electron chi connectivity index (χ4n) is 4.63. The van der Waals surface area contributed by atoms with Crippen molar-refractivity contribution < 1.29 is 14.6 Å². The van der Waals surface area contributed by atoms with Crippen LogP contribution in [0.25, 0.3) is 23.5 Å². The Morgan fingerprint density at radius 1 is 0.581 bits per heavy atom. The number of aromatic nitrogens is 2. The predicted molar refractivity (Wildman–Crippen MR) is 171 cm³/mol. The maximum atomic E-state index is 11.3. The van der Waals surface area contributed by atoms with Gasteiger partial charge in [0.25, 0.3) is 0 Å². The average Bonchev–Trinajstić information content (AvgIpc) is 3.06. The summed E-state index contributed by atoms with van der Waals surface area (Å²) < 4.78 is 6.13. The van der Waals surface area contributed by atoms with Crippen LogP contribution in [0.4, 0.5) is 17.1 Å². The molecule has 0 aliphatic carbocycles. The number of hydrogen-bond acceptors (Lipinski definition) is 5. The van der Waals surface area contributed by atoms with Crippen LogP contribution < -0.4 is 9.64 Å². The molecule has 0 fully saturated rings. The van der Waals surface area contributed by atoms with Gasteiger partial charge in [0.05, 0.1) is 17.0 Å². The lowest BCUT2D eigenvalue weighted by Crippen LogP contribution is -2.09. The van der Waals surface area contributed by atoms with Crippen LogP contribution in [0.15, 0.2) is 146 Å². The maximum Gasteiger partial charge on any atom is 0.335 e. The molecular weight excluding hydrogens is 534 g/mol. The van der Waals surface area contributed by atoms with E-state index in [0.29, 0.717) is 11.4 Å². The third-order valence-corrected chi connectivity index (χ3v) is 6.76. The lowest BCUT2D eigenvalue weighted by molar-refractivity contribution is 0.0696. The van der Waals surface area contributed by atoms with Crippen LogP contribution in [0.5, 0.6) is 11.5 Å². The summed E-state index contributed by atoms with van der Waals surface area (Å²) in [7, 11) is 0. The van der Waals surface area contributed by atoms with Crippen molar-refractivity contribution in [1.29, 1.82) is 0 Å². The minimum atomic E-state index is -0.998. The molecule has 2 aromatic heterocycles. The highest BCUT2D eigenvalue weighted by molar-refractivity contribution is 5.88. The van der Waals surface area contributed by atoms with E-state index in [2.05, 4.69) is 51.3 Å². The molecule has 0 radical (unpaired) electrons. The molecule has 0 aliphatic rings. The highest BCUT2D eigenvalue weighted by Gasteiger charge is 2.12. The molecule has 0 spiro atoms. The summed E-state index contributed by atoms with van der Waals surface area (Å²) >= 11 is 0. The van der Waals surface area contributed by atoms with E-state index in [-0.39, 0.29) is 5.56 Å². The molecule has 6 heteroatoms. The number of benzene rings is 4. The smallest absolute Gasteiger partial charge is 0.335 e. The van der Waals surface area contributed by atoms with Gasteiger partial charge < -0.3 is 14.7 Å². The molecule has 0 saturated heterocycles. The molecule has 0 atom stereocenters. The third-order valence-electron chi connectivity index (χ3n) is 6.76. The van der Waals surface area contributed by atoms with Gasteiger partial charge in [0, 0.05) is 29.5 Å². The molecule has 1 N–H and O–H groups in total. The fraction of sp³-hybridized carbons (Fsp3) is 0. The molecule has 43 heavy (non-hydrogen) atoms. The molecule has 2 heterocycles. The summed E-state index contributed by atoms with van der Waals surface area (Å²) in [4.78, 5) is 22.1. The quantitative estimate of drug-likeness (QED) is 0.190. The Morgan fingerprint density at radius 2 is 1.09 bits per heavy atom. The molecule has 0 saturated carbocycles. The SMILES string of the molecule is O=C(O)c1ccnc(-c2cc(/C=C/c3ccc(Oc4ccc(N(c5ccccc5)c5ccccc5)cc4)cc3)ccn2)c1. The number of carboxylic acids is 1. The molecule has 4 aromatic carbocycles. The van der Waals surface area contributed by atoms with Crippen LogP contribution in [0, 0.1) is 0 Å². The van der Waals surface area contributed by atoms with Crippen LogP contribution in [0.1, 0.15) is 21.5 Å². The third kappa shape index (κ3) is 6.66. The topological polar surface area (TPSA) is 75.6 Å². The Balaban J connectivity index is 1.13. The molecule has 6 aromatic rings. The maximum absolute atomic E-state index is 11.3. The van der Waals surface area contributed by atoms with E-state index in [4.69, 9.17) is 4.74 Å². The van der Waals surface area contributed by atoms with E-state index in [1.54, 1.807) is 6.20 Å². The van der Waals surface area contributed by atoms with Gasteiger partial charge in [-0.3, -0.25) is 9.97 Å². The summed E-state index contributed by atoms with van der Waals surface area (Å²) in [6, 6.07) is 43.2. The lowest BCUT2D eigenvalue weighted by atomic mass is 10.1. The first-order valence-corrected chi connectivity index (χ1v) is 13.7. The number of carboxylic acid groups (broad SMARTS) is 1. The number of hydrogen-bond donors (Lipinski definition) is 1. The van der Waals surface area contributed by atoms with Crippen molar-refractivity contribution in [3.63, 3.8) is 0 Å². The zero-order valence-electron chi connectivity index (χ0n) is 23.1. The first-order chi connectivity index (χ1) is 21.1. The van der Waals surface area contributed by atoms with Crippen molar-refractivity contribution >= 4 is 35.2 Å². The van der Waals surface area contributed by atoms with E-state index in [0.717, 1.165) is 39.7 Å². The van der Waals surface area contributed by atoms with Gasteiger partial charge in [-0.25, -0.2) is 4.79 Å². The van der Waals surface area contributed by atoms with Crippen LogP contribution in [0.3, 0.4) is 0 Å². The summed E-state index contributed by atoms with van der Waals surface area (Å²) in [6.07, 6.45) is 7.14. The number of rotatable bonds is 9. The van der Waals surface area contributed by atoms with Gasteiger partial charge in [-0.15, -0.1) is 0 Å². The molecule has 208 valence electrons. The number of ether oxygens (including phenoxy) is 1. The molecular formula is C37H27N3O3. The number of nitrogens with zero attached hydrogens (tertiary/aromatic N) is 3. The van der Waals surface area contributed by atoms with Gasteiger partial charge in [0.15, 0.2) is 0 Å². The summed E-state index contributed by atoms with van der Waals surface area (Å²) in [6.45, 7) is 0. The van der Waals surface area contributed by atoms with Gasteiger partial charge in [0.2, 0.25) is 0 Å². The second-order valence-electron chi connectivity index (χ2n) is 9.71. The van der Waals surface area contributed by atoms with Crippen LogP contribution in [-0.2, 0) is 0 Å². The Labute approximate surface area is 249 Å². The monoisotopic (exact) mass is 561 g/mol. The normalized spacial score (nSPS) is 10.9. The van der Waals surface area contributed by atoms with E-state index >= 15 is 0 Å². The van der Waals surface area contributed by atoms with Gasteiger partial charge in [-0.05, 0) is 96.1 Å². The standard InChI is InChI=1S/C37H27N3O3/c41-37(42)29-22-24-39-36(26-29)35-25-28(21-23-38-35)12-11-27-13-17-33(18-14-27)43-34-19-15-32(16-20-34)40(30-7-3-1-4-8-30)31-9-5-2-6-10-31/h1-26H,(H,41,42)/b12-11+. The molecule has 0 unspecified atom stereocenters. The Morgan fingerprint density at radius 3 is 1.70 bits per heavy atom. The predicted octanol–water partition coefficient (Wildman–Crippen LogP) is 9.27. The molecule has 0 aliphatic heterocycles. The van der Waals surface area contributed by atoms with E-state index in [1.165, 1.54) is 18.3 Å². The number of para-hydroxylation sites is 2. The van der Waals surface area contributed by atoms with Crippen LogP contribution in [0.2, 0.25) is 0 Å². The van der Waals surface area contributed by atoms with Gasteiger partial charge in [0.1, 0.15) is 11.5 Å². The van der Waals surface area contributed by atoms with Crippen LogP contribution in [-0.4, -0.2) is 21.0 Å². The Hall–Kier alpha value is -6.01.